The zero-order valence-corrected chi connectivity index (χ0v) is 57.9. The number of esters is 4. The number of carbonyl (C=O) groups is 4. The second kappa shape index (κ2) is 61.6. The van der Waals surface area contributed by atoms with E-state index in [-0.39, 0.29) is 25.7 Å². The molecule has 0 saturated heterocycles. The fraction of sp³-hybridized carbons (Fsp3) is 0.941. The molecule has 3 unspecified atom stereocenters. The van der Waals surface area contributed by atoms with Gasteiger partial charge in [-0.25, -0.2) is 9.13 Å². The number of hydrogen-bond donors (Lipinski definition) is 3. The van der Waals surface area contributed by atoms with Crippen molar-refractivity contribution in [3.05, 3.63) is 0 Å². The number of ether oxygens (including phenoxy) is 4. The highest BCUT2D eigenvalue weighted by atomic mass is 31.2. The van der Waals surface area contributed by atoms with Crippen LogP contribution in [0.2, 0.25) is 0 Å². The molecule has 6 atom stereocenters. The predicted octanol–water partition coefficient (Wildman–Crippen LogP) is 19.4. The molecule has 0 heterocycles. The lowest BCUT2D eigenvalue weighted by Gasteiger charge is -2.21. The normalized spacial score (nSPS) is 14.4. The Labute approximate surface area is 530 Å². The molecule has 3 N–H and O–H groups in total. The Bertz CT molecular complexity index is 1690. The minimum atomic E-state index is -4.95. The number of phosphoric ester groups is 2. The summed E-state index contributed by atoms with van der Waals surface area (Å²) in [5, 5.41) is 10.5. The van der Waals surface area contributed by atoms with E-state index in [9.17, 15) is 43.2 Å². The fourth-order valence-electron chi connectivity index (χ4n) is 10.3. The molecule has 0 radical (unpaired) electrons. The van der Waals surface area contributed by atoms with Gasteiger partial charge in [0.05, 0.1) is 26.4 Å². The zero-order chi connectivity index (χ0) is 64.2. The Kier molecular flexibility index (Phi) is 60.2. The van der Waals surface area contributed by atoms with Crippen molar-refractivity contribution in [2.75, 3.05) is 39.6 Å². The van der Waals surface area contributed by atoms with Crippen molar-refractivity contribution < 1.29 is 80.2 Å². The largest absolute Gasteiger partial charge is 0.472 e. The lowest BCUT2D eigenvalue weighted by Crippen LogP contribution is -2.30. The maximum Gasteiger partial charge on any atom is 0.472 e. The number of hydrogen-bond acceptors (Lipinski definition) is 15. The zero-order valence-electron chi connectivity index (χ0n) is 56.2. The minimum Gasteiger partial charge on any atom is -0.462 e. The van der Waals surface area contributed by atoms with E-state index in [1.165, 1.54) is 154 Å². The third-order valence-electron chi connectivity index (χ3n) is 16.1. The number of carbonyl (C=O) groups excluding carboxylic acids is 4. The van der Waals surface area contributed by atoms with Gasteiger partial charge in [-0.1, -0.05) is 298 Å². The van der Waals surface area contributed by atoms with E-state index in [1.807, 2.05) is 0 Å². The summed E-state index contributed by atoms with van der Waals surface area (Å²) in [4.78, 5) is 72.2. The quantitative estimate of drug-likeness (QED) is 0.0222. The topological polar surface area (TPSA) is 237 Å². The highest BCUT2D eigenvalue weighted by molar-refractivity contribution is 7.47. The summed E-state index contributed by atoms with van der Waals surface area (Å²) in [5.74, 6) is -1.36. The molecular formula is C68H132O17P2. The summed E-state index contributed by atoms with van der Waals surface area (Å²) >= 11 is 0. The van der Waals surface area contributed by atoms with Gasteiger partial charge < -0.3 is 33.8 Å². The van der Waals surface area contributed by atoms with Crippen LogP contribution in [-0.4, -0.2) is 96.7 Å². The number of aliphatic hydroxyl groups excluding tert-OH is 1. The van der Waals surface area contributed by atoms with E-state index in [0.717, 1.165) is 115 Å². The molecule has 0 aromatic carbocycles. The number of unbranched alkanes of at least 4 members (excludes halogenated alkanes) is 39. The average molecular weight is 1280 g/mol. The summed E-state index contributed by atoms with van der Waals surface area (Å²) in [6.45, 7) is 7.16. The summed E-state index contributed by atoms with van der Waals surface area (Å²) in [6.07, 6.45) is 47.5. The van der Waals surface area contributed by atoms with Gasteiger partial charge in [-0.3, -0.25) is 37.3 Å². The molecule has 19 heteroatoms. The number of aliphatic hydroxyl groups is 1. The van der Waals surface area contributed by atoms with Gasteiger partial charge in [0.2, 0.25) is 0 Å². The smallest absolute Gasteiger partial charge is 0.462 e. The van der Waals surface area contributed by atoms with Gasteiger partial charge in [0, 0.05) is 25.7 Å². The van der Waals surface area contributed by atoms with E-state index in [0.29, 0.717) is 25.7 Å². The minimum absolute atomic E-state index is 0.105. The van der Waals surface area contributed by atoms with Gasteiger partial charge >= 0.3 is 39.5 Å². The Hall–Kier alpha value is -1.94. The van der Waals surface area contributed by atoms with E-state index < -0.39 is 97.5 Å². The van der Waals surface area contributed by atoms with Crippen LogP contribution in [0.4, 0.5) is 0 Å². The molecule has 0 aromatic heterocycles. The SMILES string of the molecule is CCCCCCCCCCCCCCCCCCCCCCC(=O)O[C@H](COC(=O)CCCCCCCCCCC(C)CC)COP(=O)(O)OC[C@@H](O)COP(=O)(O)OC[C@@H](COC(=O)CCCCCCCCC)OC(=O)CCCCCCCCCC. The second-order valence-electron chi connectivity index (χ2n) is 24.8. The van der Waals surface area contributed by atoms with Crippen LogP contribution >= 0.6 is 15.6 Å². The fourth-order valence-corrected chi connectivity index (χ4v) is 11.8. The van der Waals surface area contributed by atoms with Crippen molar-refractivity contribution in [2.45, 2.75) is 368 Å². The second-order valence-corrected chi connectivity index (χ2v) is 27.7. The predicted molar refractivity (Wildman–Crippen MR) is 349 cm³/mol. The van der Waals surface area contributed by atoms with Crippen LogP contribution in [0.25, 0.3) is 0 Å². The first-order valence-electron chi connectivity index (χ1n) is 35.7. The molecule has 17 nitrogen and oxygen atoms in total. The van der Waals surface area contributed by atoms with Crippen LogP contribution < -0.4 is 0 Å². The van der Waals surface area contributed by atoms with E-state index in [4.69, 9.17) is 37.0 Å². The Morgan fingerprint density at radius 1 is 0.322 bits per heavy atom. The molecular weight excluding hydrogens is 1150 g/mol. The van der Waals surface area contributed by atoms with Crippen LogP contribution in [-0.2, 0) is 65.4 Å². The maximum absolute atomic E-state index is 13.0. The molecule has 0 bridgehead atoms. The van der Waals surface area contributed by atoms with Crippen molar-refractivity contribution >= 4 is 39.5 Å². The van der Waals surface area contributed by atoms with Crippen LogP contribution in [0.5, 0.6) is 0 Å². The third kappa shape index (κ3) is 61.3. The Morgan fingerprint density at radius 3 is 0.816 bits per heavy atom. The highest BCUT2D eigenvalue weighted by Gasteiger charge is 2.30. The molecule has 87 heavy (non-hydrogen) atoms. The lowest BCUT2D eigenvalue weighted by atomic mass is 9.99. The number of rotatable bonds is 68. The molecule has 0 spiro atoms. The summed E-state index contributed by atoms with van der Waals surface area (Å²) in [5.41, 5.74) is 0. The van der Waals surface area contributed by atoms with E-state index in [1.54, 1.807) is 0 Å². The van der Waals surface area contributed by atoms with E-state index >= 15 is 0 Å². The van der Waals surface area contributed by atoms with Crippen LogP contribution in [0.3, 0.4) is 0 Å². The first-order valence-corrected chi connectivity index (χ1v) is 38.7. The Morgan fingerprint density at radius 2 is 0.552 bits per heavy atom. The molecule has 0 aromatic rings. The molecule has 0 aliphatic heterocycles. The Balaban J connectivity index is 5.13. The van der Waals surface area contributed by atoms with Gasteiger partial charge in [0.15, 0.2) is 12.2 Å². The van der Waals surface area contributed by atoms with Gasteiger partial charge in [-0.15, -0.1) is 0 Å². The molecule has 0 fully saturated rings. The monoisotopic (exact) mass is 1280 g/mol. The summed E-state index contributed by atoms with van der Waals surface area (Å²) in [6, 6.07) is 0. The molecule has 0 amide bonds. The van der Waals surface area contributed by atoms with Gasteiger partial charge in [0.1, 0.15) is 19.3 Å². The third-order valence-corrected chi connectivity index (χ3v) is 18.0. The molecule has 516 valence electrons. The molecule has 0 rings (SSSR count). The molecule has 0 saturated carbocycles. The molecule has 0 aliphatic rings. The van der Waals surface area contributed by atoms with Crippen LogP contribution in [0, 0.1) is 5.92 Å². The van der Waals surface area contributed by atoms with Crippen molar-refractivity contribution in [3.63, 3.8) is 0 Å². The summed E-state index contributed by atoms with van der Waals surface area (Å²) in [7, 11) is -9.88. The van der Waals surface area contributed by atoms with Crippen molar-refractivity contribution in [1.82, 2.24) is 0 Å². The first-order chi connectivity index (χ1) is 42.1. The molecule has 0 aliphatic carbocycles. The van der Waals surface area contributed by atoms with E-state index in [2.05, 4.69) is 34.6 Å². The first kappa shape index (κ1) is 85.1. The summed E-state index contributed by atoms with van der Waals surface area (Å²) < 4.78 is 68.0. The number of phosphoric acid groups is 2. The van der Waals surface area contributed by atoms with Gasteiger partial charge in [-0.05, 0) is 31.6 Å². The average Bonchev–Trinajstić information content (AvgIpc) is 3.71. The van der Waals surface area contributed by atoms with Crippen molar-refractivity contribution in [1.29, 1.82) is 0 Å². The highest BCUT2D eigenvalue weighted by Crippen LogP contribution is 2.45. The standard InChI is InChI=1S/C68H132O17P2/c1-6-10-13-16-19-21-22-23-24-25-26-27-28-29-30-31-32-39-44-49-54-68(73)85-64(58-79-66(71)52-47-42-38-34-33-36-40-45-50-61(5)9-4)60-83-87(76,77)81-56-62(69)55-80-86(74,75)82-59-63(57-78-65(70)51-46-41-35-18-15-12-8-3)84-67(72)53-48-43-37-20-17-14-11-7-2/h61-64,69H,6-60H2,1-5H3,(H,74,75)(H,76,77)/t61?,62-,63+,64+/m0/s1. The van der Waals surface area contributed by atoms with Gasteiger partial charge in [-0.2, -0.15) is 0 Å². The van der Waals surface area contributed by atoms with Gasteiger partial charge in [0.25, 0.3) is 0 Å². The maximum atomic E-state index is 13.0. The lowest BCUT2D eigenvalue weighted by molar-refractivity contribution is -0.161. The van der Waals surface area contributed by atoms with Crippen molar-refractivity contribution in [2.24, 2.45) is 5.92 Å². The van der Waals surface area contributed by atoms with Crippen molar-refractivity contribution in [3.8, 4) is 0 Å². The van der Waals surface area contributed by atoms with Crippen LogP contribution in [0.1, 0.15) is 349 Å². The van der Waals surface area contributed by atoms with Crippen LogP contribution in [0.15, 0.2) is 0 Å².